The Bertz CT molecular complexity index is 444. The number of anilines is 1. The Balaban J connectivity index is 2.47. The molecule has 0 amide bonds. The Morgan fingerprint density at radius 2 is 2.00 bits per heavy atom. The van der Waals surface area contributed by atoms with Crippen molar-refractivity contribution >= 4 is 5.69 Å². The second-order valence-electron chi connectivity index (χ2n) is 5.38. The molecule has 0 saturated heterocycles. The van der Waals surface area contributed by atoms with Gasteiger partial charge in [-0.05, 0) is 64.0 Å². The number of benzene rings is 1. The second-order valence-corrected chi connectivity index (χ2v) is 5.38. The van der Waals surface area contributed by atoms with Crippen molar-refractivity contribution in [3.05, 3.63) is 29.3 Å². The van der Waals surface area contributed by atoms with E-state index in [0.29, 0.717) is 6.04 Å². The first kappa shape index (κ1) is 16.5. The van der Waals surface area contributed by atoms with Gasteiger partial charge < -0.3 is 10.2 Å². The van der Waals surface area contributed by atoms with Crippen LogP contribution in [0, 0.1) is 18.3 Å². The zero-order chi connectivity index (χ0) is 15.0. The molecule has 0 aliphatic heterocycles. The number of nitrogens with one attached hydrogen (secondary N) is 1. The van der Waals surface area contributed by atoms with E-state index in [-0.39, 0.29) is 0 Å². The van der Waals surface area contributed by atoms with Gasteiger partial charge in [0.05, 0.1) is 11.3 Å². The summed E-state index contributed by atoms with van der Waals surface area (Å²) in [7, 11) is 0. The fraction of sp³-hybridized carbons (Fsp3) is 0.588. The van der Waals surface area contributed by atoms with E-state index >= 15 is 0 Å². The molecule has 20 heavy (non-hydrogen) atoms. The lowest BCUT2D eigenvalue weighted by molar-refractivity contribution is 0.295. The molecule has 1 aromatic carbocycles. The summed E-state index contributed by atoms with van der Waals surface area (Å²) in [5.74, 6) is 0. The van der Waals surface area contributed by atoms with Crippen molar-refractivity contribution in [1.29, 1.82) is 5.26 Å². The topological polar surface area (TPSA) is 39.1 Å². The van der Waals surface area contributed by atoms with Crippen molar-refractivity contribution < 1.29 is 0 Å². The lowest BCUT2D eigenvalue weighted by Crippen LogP contribution is -2.25. The van der Waals surface area contributed by atoms with Gasteiger partial charge in [0, 0.05) is 6.04 Å². The predicted octanol–water partition coefficient (Wildman–Crippen LogP) is 3.79. The van der Waals surface area contributed by atoms with E-state index in [9.17, 15) is 5.26 Å². The van der Waals surface area contributed by atoms with Crippen molar-refractivity contribution in [2.75, 3.05) is 25.0 Å². The molecule has 1 unspecified atom stereocenters. The third-order valence-corrected chi connectivity index (χ3v) is 3.70. The minimum absolute atomic E-state index is 0.389. The van der Waals surface area contributed by atoms with Crippen LogP contribution in [-0.2, 0) is 0 Å². The van der Waals surface area contributed by atoms with Crippen LogP contribution in [0.15, 0.2) is 18.2 Å². The zero-order valence-corrected chi connectivity index (χ0v) is 13.2. The Labute approximate surface area is 123 Å². The van der Waals surface area contributed by atoms with Crippen LogP contribution in [-0.4, -0.2) is 30.6 Å². The Morgan fingerprint density at radius 1 is 1.30 bits per heavy atom. The third kappa shape index (κ3) is 5.22. The molecular formula is C17H27N3. The molecule has 0 aliphatic carbocycles. The van der Waals surface area contributed by atoms with Gasteiger partial charge in [-0.3, -0.25) is 0 Å². The van der Waals surface area contributed by atoms with E-state index in [1.165, 1.54) is 6.42 Å². The number of nitrogens with zero attached hydrogens (tertiary/aromatic N) is 2. The fourth-order valence-corrected chi connectivity index (χ4v) is 2.37. The zero-order valence-electron chi connectivity index (χ0n) is 13.2. The van der Waals surface area contributed by atoms with Crippen molar-refractivity contribution in [3.8, 4) is 6.07 Å². The van der Waals surface area contributed by atoms with Gasteiger partial charge in [-0.25, -0.2) is 0 Å². The molecule has 1 atom stereocenters. The van der Waals surface area contributed by atoms with E-state index in [2.05, 4.69) is 37.1 Å². The van der Waals surface area contributed by atoms with Crippen molar-refractivity contribution in [2.45, 2.75) is 46.6 Å². The lowest BCUT2D eigenvalue weighted by Gasteiger charge is -2.20. The van der Waals surface area contributed by atoms with Gasteiger partial charge in [0.15, 0.2) is 0 Å². The molecule has 3 nitrogen and oxygen atoms in total. The molecule has 0 heterocycles. The van der Waals surface area contributed by atoms with Gasteiger partial charge >= 0.3 is 0 Å². The highest BCUT2D eigenvalue weighted by molar-refractivity contribution is 5.58. The summed E-state index contributed by atoms with van der Waals surface area (Å²) in [4.78, 5) is 2.44. The molecule has 0 bridgehead atoms. The van der Waals surface area contributed by atoms with Crippen LogP contribution in [0.25, 0.3) is 0 Å². The predicted molar refractivity (Wildman–Crippen MR) is 86.0 cm³/mol. The maximum atomic E-state index is 9.17. The lowest BCUT2D eigenvalue weighted by atomic mass is 10.1. The van der Waals surface area contributed by atoms with Crippen LogP contribution >= 0.6 is 0 Å². The van der Waals surface area contributed by atoms with Crippen LogP contribution in [0.4, 0.5) is 5.69 Å². The first-order valence-electron chi connectivity index (χ1n) is 7.60. The Kier molecular flexibility index (Phi) is 7.11. The van der Waals surface area contributed by atoms with E-state index < -0.39 is 0 Å². The van der Waals surface area contributed by atoms with Gasteiger partial charge in [0.1, 0.15) is 6.07 Å². The number of nitriles is 1. The van der Waals surface area contributed by atoms with Gasteiger partial charge in [-0.2, -0.15) is 5.26 Å². The number of hydrogen-bond donors (Lipinski definition) is 1. The molecule has 1 aromatic rings. The van der Waals surface area contributed by atoms with Crippen LogP contribution in [0.2, 0.25) is 0 Å². The van der Waals surface area contributed by atoms with Gasteiger partial charge in [-0.15, -0.1) is 0 Å². The molecule has 3 heteroatoms. The van der Waals surface area contributed by atoms with E-state index in [0.717, 1.165) is 42.9 Å². The van der Waals surface area contributed by atoms with E-state index in [1.807, 2.05) is 25.1 Å². The molecule has 0 aromatic heterocycles. The standard InChI is InChI=1S/C17H27N3/c1-5-20(6-2)11-7-8-15(4)19-17-10-9-14(3)12-16(17)13-18/h9-10,12,15,19H,5-8,11H2,1-4H3. The third-order valence-electron chi connectivity index (χ3n) is 3.70. The van der Waals surface area contributed by atoms with Gasteiger partial charge in [0.25, 0.3) is 0 Å². The number of aryl methyl sites for hydroxylation is 1. The molecule has 110 valence electrons. The van der Waals surface area contributed by atoms with Crippen LogP contribution in [0.3, 0.4) is 0 Å². The number of hydrogen-bond acceptors (Lipinski definition) is 3. The summed E-state index contributed by atoms with van der Waals surface area (Å²) in [6.45, 7) is 12.0. The van der Waals surface area contributed by atoms with E-state index in [1.54, 1.807) is 0 Å². The minimum Gasteiger partial charge on any atom is -0.382 e. The average Bonchev–Trinajstić information content (AvgIpc) is 2.45. The maximum Gasteiger partial charge on any atom is 0.101 e. The molecule has 1 N–H and O–H groups in total. The summed E-state index contributed by atoms with van der Waals surface area (Å²) in [6, 6.07) is 8.64. The number of rotatable bonds is 8. The Morgan fingerprint density at radius 3 is 2.60 bits per heavy atom. The molecular weight excluding hydrogens is 246 g/mol. The van der Waals surface area contributed by atoms with E-state index in [4.69, 9.17) is 0 Å². The van der Waals surface area contributed by atoms with Gasteiger partial charge in [0.2, 0.25) is 0 Å². The average molecular weight is 273 g/mol. The highest BCUT2D eigenvalue weighted by Gasteiger charge is 2.07. The SMILES string of the molecule is CCN(CC)CCCC(C)Nc1ccc(C)cc1C#N. The first-order chi connectivity index (χ1) is 9.60. The minimum atomic E-state index is 0.389. The molecule has 1 rings (SSSR count). The first-order valence-corrected chi connectivity index (χ1v) is 7.60. The maximum absolute atomic E-state index is 9.17. The summed E-state index contributed by atoms with van der Waals surface area (Å²) in [5.41, 5.74) is 2.82. The summed E-state index contributed by atoms with van der Waals surface area (Å²) in [5, 5.41) is 12.6. The van der Waals surface area contributed by atoms with Crippen molar-refractivity contribution in [3.63, 3.8) is 0 Å². The summed E-state index contributed by atoms with van der Waals surface area (Å²) in [6.07, 6.45) is 2.30. The van der Waals surface area contributed by atoms with Crippen LogP contribution in [0.5, 0.6) is 0 Å². The van der Waals surface area contributed by atoms with Crippen LogP contribution < -0.4 is 5.32 Å². The van der Waals surface area contributed by atoms with Gasteiger partial charge in [-0.1, -0.05) is 19.9 Å². The van der Waals surface area contributed by atoms with Crippen molar-refractivity contribution in [1.82, 2.24) is 4.90 Å². The highest BCUT2D eigenvalue weighted by atomic mass is 15.1. The monoisotopic (exact) mass is 273 g/mol. The van der Waals surface area contributed by atoms with Crippen LogP contribution in [0.1, 0.15) is 44.7 Å². The normalized spacial score (nSPS) is 12.2. The quantitative estimate of drug-likeness (QED) is 0.783. The smallest absolute Gasteiger partial charge is 0.101 e. The van der Waals surface area contributed by atoms with Crippen molar-refractivity contribution in [2.24, 2.45) is 0 Å². The molecule has 0 fully saturated rings. The largest absolute Gasteiger partial charge is 0.382 e. The Hall–Kier alpha value is -1.53. The summed E-state index contributed by atoms with van der Waals surface area (Å²) >= 11 is 0. The summed E-state index contributed by atoms with van der Waals surface area (Å²) < 4.78 is 0. The molecule has 0 saturated carbocycles. The molecule has 0 radical (unpaired) electrons. The molecule has 0 aliphatic rings. The second kappa shape index (κ2) is 8.60. The fourth-order valence-electron chi connectivity index (χ4n) is 2.37. The highest BCUT2D eigenvalue weighted by Crippen LogP contribution is 2.18. The molecule has 0 spiro atoms.